The van der Waals surface area contributed by atoms with Gasteiger partial charge in [-0.25, -0.2) is 0 Å². The Morgan fingerprint density at radius 3 is 2.91 bits per heavy atom. The van der Waals surface area contributed by atoms with Crippen molar-refractivity contribution in [1.82, 2.24) is 5.43 Å². The second-order valence-corrected chi connectivity index (χ2v) is 4.54. The normalized spacial score (nSPS) is 52.9. The molecule has 3 rings (SSSR count). The van der Waals surface area contributed by atoms with Crippen molar-refractivity contribution in [2.24, 2.45) is 17.3 Å². The Labute approximate surface area is 67.3 Å². The van der Waals surface area contributed by atoms with Crippen LogP contribution in [0.5, 0.6) is 0 Å². The lowest BCUT2D eigenvalue weighted by molar-refractivity contribution is -0.561. The maximum absolute atomic E-state index is 3.93. The molecule has 2 aliphatic carbocycles. The highest BCUT2D eigenvalue weighted by atomic mass is 15.5. The molecular weight excluding hydrogens is 136 g/mol. The van der Waals surface area contributed by atoms with Gasteiger partial charge in [0, 0.05) is 0 Å². The molecule has 60 valence electrons. The predicted molar refractivity (Wildman–Crippen MR) is 43.5 cm³/mol. The van der Waals surface area contributed by atoms with Gasteiger partial charge in [0.05, 0.1) is 12.0 Å². The Morgan fingerprint density at radius 1 is 1.55 bits per heavy atom. The van der Waals surface area contributed by atoms with Gasteiger partial charge >= 0.3 is 0 Å². The van der Waals surface area contributed by atoms with Crippen LogP contribution in [-0.2, 0) is 0 Å². The Bertz CT molecular complexity index is 224. The van der Waals surface area contributed by atoms with Gasteiger partial charge in [0.25, 0.3) is 0 Å². The van der Waals surface area contributed by atoms with Crippen LogP contribution in [-0.4, -0.2) is 24.5 Å². The molecule has 1 heterocycles. The number of fused-ring (bicyclic) bond motifs is 2. The fourth-order valence-corrected chi connectivity index (χ4v) is 3.15. The molecule has 3 fully saturated rings. The molecule has 2 saturated carbocycles. The van der Waals surface area contributed by atoms with Crippen LogP contribution in [0.4, 0.5) is 0 Å². The van der Waals surface area contributed by atoms with Crippen molar-refractivity contribution in [3.05, 3.63) is 0 Å². The molecule has 3 atom stereocenters. The molecule has 11 heavy (non-hydrogen) atoms. The zero-order valence-corrected chi connectivity index (χ0v) is 6.84. The van der Waals surface area contributed by atoms with Gasteiger partial charge in [-0.2, -0.15) is 5.43 Å². The van der Waals surface area contributed by atoms with Crippen molar-refractivity contribution in [3.8, 4) is 0 Å². The van der Waals surface area contributed by atoms with Crippen molar-refractivity contribution < 1.29 is 4.68 Å². The van der Waals surface area contributed by atoms with E-state index in [9.17, 15) is 0 Å². The Kier molecular flexibility index (Phi) is 0.890. The van der Waals surface area contributed by atoms with Crippen LogP contribution < -0.4 is 5.43 Å². The van der Waals surface area contributed by atoms with Gasteiger partial charge in [-0.15, -0.1) is 4.68 Å². The average molecular weight is 151 g/mol. The summed E-state index contributed by atoms with van der Waals surface area (Å²) < 4.78 is 2.03. The zero-order chi connectivity index (χ0) is 7.47. The van der Waals surface area contributed by atoms with E-state index in [1.165, 1.54) is 32.4 Å². The Morgan fingerprint density at radius 2 is 2.45 bits per heavy atom. The van der Waals surface area contributed by atoms with E-state index >= 15 is 0 Å². The number of nitrogens with zero attached hydrogens (tertiary/aromatic N) is 1. The van der Waals surface area contributed by atoms with Crippen molar-refractivity contribution in [1.29, 1.82) is 0 Å². The van der Waals surface area contributed by atoms with E-state index in [1.54, 1.807) is 0 Å². The minimum absolute atomic E-state index is 0.645. The van der Waals surface area contributed by atoms with E-state index in [4.69, 9.17) is 0 Å². The second kappa shape index (κ2) is 1.62. The van der Waals surface area contributed by atoms with E-state index in [-0.39, 0.29) is 0 Å². The lowest BCUT2D eigenvalue weighted by Crippen LogP contribution is -2.26. The molecule has 0 bridgehead atoms. The fraction of sp³-hybridized carbons (Fsp3) is 0.889. The molecule has 1 aliphatic heterocycles. The number of hydrogen-bond acceptors (Lipinski definition) is 1. The number of hydrogen-bond donors (Lipinski definition) is 1. The zero-order valence-electron chi connectivity index (χ0n) is 6.84. The number of hydrazine groups is 1. The summed E-state index contributed by atoms with van der Waals surface area (Å²) in [4.78, 5) is 0. The lowest BCUT2D eigenvalue weighted by Gasteiger charge is -2.17. The molecule has 0 aromatic carbocycles. The monoisotopic (exact) mass is 151 g/mol. The summed E-state index contributed by atoms with van der Waals surface area (Å²) in [5.41, 5.74) is 3.98. The first-order valence-corrected chi connectivity index (χ1v) is 4.62. The summed E-state index contributed by atoms with van der Waals surface area (Å²) in [5, 5.41) is 0. The Balaban J connectivity index is 1.89. The van der Waals surface area contributed by atoms with E-state index in [0.29, 0.717) is 5.41 Å². The molecule has 0 amide bonds. The van der Waals surface area contributed by atoms with Crippen LogP contribution in [0.25, 0.3) is 0 Å². The molecule has 0 radical (unpaired) electrons. The van der Waals surface area contributed by atoms with Crippen LogP contribution in [0.3, 0.4) is 0 Å². The number of rotatable bonds is 0. The standard InChI is InChI=1S/C9H15N2/c1-11-6-9(5-10-11)3-2-7-4-8(7)9/h7-8,10H,1-6H2/q+1/t7-,8?,9+/m0/s1. The fourth-order valence-electron chi connectivity index (χ4n) is 3.15. The molecule has 1 N–H and O–H groups in total. The first kappa shape index (κ1) is 6.04. The second-order valence-electron chi connectivity index (χ2n) is 4.54. The molecule has 1 spiro atoms. The van der Waals surface area contributed by atoms with Crippen molar-refractivity contribution in [2.45, 2.75) is 19.3 Å². The average Bonchev–Trinajstić information content (AvgIpc) is 2.60. The molecule has 2 nitrogen and oxygen atoms in total. The van der Waals surface area contributed by atoms with Gasteiger partial charge in [-0.1, -0.05) is 0 Å². The van der Waals surface area contributed by atoms with Gasteiger partial charge in [0.2, 0.25) is 0 Å². The van der Waals surface area contributed by atoms with Crippen LogP contribution in [0, 0.1) is 17.3 Å². The highest BCUT2D eigenvalue weighted by molar-refractivity contribution is 5.16. The summed E-state index contributed by atoms with van der Waals surface area (Å²) in [6.07, 6.45) is 4.44. The maximum Gasteiger partial charge on any atom is 0.178 e. The minimum atomic E-state index is 0.645. The lowest BCUT2D eigenvalue weighted by atomic mass is 9.84. The third-order valence-corrected chi connectivity index (χ3v) is 3.88. The first-order chi connectivity index (χ1) is 5.30. The van der Waals surface area contributed by atoms with E-state index < -0.39 is 0 Å². The van der Waals surface area contributed by atoms with Crippen LogP contribution >= 0.6 is 0 Å². The summed E-state index contributed by atoms with van der Waals surface area (Å²) in [6, 6.07) is 0. The molecule has 3 aliphatic rings. The van der Waals surface area contributed by atoms with Gasteiger partial charge in [0.1, 0.15) is 0 Å². The maximum atomic E-state index is 3.93. The molecule has 0 aromatic rings. The highest BCUT2D eigenvalue weighted by Gasteiger charge is 2.62. The minimum Gasteiger partial charge on any atom is -0.198 e. The van der Waals surface area contributed by atoms with Crippen LogP contribution in [0.15, 0.2) is 0 Å². The Hall–Kier alpha value is -0.530. The third-order valence-electron chi connectivity index (χ3n) is 3.88. The predicted octanol–water partition coefficient (Wildman–Crippen LogP) is 0.634. The summed E-state index contributed by atoms with van der Waals surface area (Å²) in [7, 11) is 0. The molecule has 1 saturated heterocycles. The van der Waals surface area contributed by atoms with Gasteiger partial charge < -0.3 is 0 Å². The van der Waals surface area contributed by atoms with E-state index in [0.717, 1.165) is 11.8 Å². The molecule has 0 aromatic heterocycles. The SMILES string of the molecule is C=[N+]1C[C@@]2(CC[C@H]3CC32)CN1. The third kappa shape index (κ3) is 0.652. The van der Waals surface area contributed by atoms with Crippen molar-refractivity contribution in [2.75, 3.05) is 13.1 Å². The van der Waals surface area contributed by atoms with E-state index in [1.807, 2.05) is 4.68 Å². The van der Waals surface area contributed by atoms with Crippen molar-refractivity contribution in [3.63, 3.8) is 0 Å². The van der Waals surface area contributed by atoms with E-state index in [2.05, 4.69) is 12.1 Å². The number of nitrogens with one attached hydrogen (secondary N) is 1. The smallest absolute Gasteiger partial charge is 0.178 e. The van der Waals surface area contributed by atoms with Gasteiger partial charge in [-0.3, -0.25) is 0 Å². The first-order valence-electron chi connectivity index (χ1n) is 4.62. The van der Waals surface area contributed by atoms with Crippen LogP contribution in [0.2, 0.25) is 0 Å². The molecule has 1 unspecified atom stereocenters. The molecule has 2 heteroatoms. The van der Waals surface area contributed by atoms with Gasteiger partial charge in [0.15, 0.2) is 13.3 Å². The summed E-state index contributed by atoms with van der Waals surface area (Å²) in [5.74, 6) is 2.16. The highest BCUT2D eigenvalue weighted by Crippen LogP contribution is 2.62. The quantitative estimate of drug-likeness (QED) is 0.502. The van der Waals surface area contributed by atoms with Crippen molar-refractivity contribution >= 4 is 6.72 Å². The topological polar surface area (TPSA) is 15.0 Å². The van der Waals surface area contributed by atoms with Crippen LogP contribution in [0.1, 0.15) is 19.3 Å². The summed E-state index contributed by atoms with van der Waals surface area (Å²) >= 11 is 0. The van der Waals surface area contributed by atoms with Gasteiger partial charge in [-0.05, 0) is 31.1 Å². The number of hydrazone groups is 1. The largest absolute Gasteiger partial charge is 0.198 e. The summed E-state index contributed by atoms with van der Waals surface area (Å²) in [6.45, 7) is 6.31. The molecular formula is C9H15N2+.